The molecule has 10 heteroatoms. The van der Waals surface area contributed by atoms with Crippen LogP contribution >= 0.6 is 0 Å². The first-order valence-corrected chi connectivity index (χ1v) is 15.8. The number of nitrogens with zero attached hydrogens (tertiary/aromatic N) is 2. The van der Waals surface area contributed by atoms with E-state index in [1.54, 1.807) is 54.8 Å². The Morgan fingerprint density at radius 1 is 0.553 bits per heavy atom. The third-order valence-electron chi connectivity index (χ3n) is 8.94. The number of benzene rings is 2. The average Bonchev–Trinajstić information content (AvgIpc) is 3.37. The second kappa shape index (κ2) is 15.2. The molecule has 0 bridgehead atoms. The number of rotatable bonds is 10. The number of amides is 2. The zero-order chi connectivity index (χ0) is 33.5. The molecule has 0 N–H and O–H groups in total. The average molecular weight is 645 g/mol. The minimum atomic E-state index is -0.0556. The molecule has 47 heavy (non-hydrogen) atoms. The highest BCUT2D eigenvalue weighted by Gasteiger charge is 2.25. The van der Waals surface area contributed by atoms with Gasteiger partial charge in [0.1, 0.15) is 0 Å². The summed E-state index contributed by atoms with van der Waals surface area (Å²) in [5.74, 6) is 3.61. The van der Waals surface area contributed by atoms with Crippen LogP contribution in [0.3, 0.4) is 0 Å². The first-order chi connectivity index (χ1) is 22.8. The Hall–Kier alpha value is -4.86. The summed E-state index contributed by atoms with van der Waals surface area (Å²) in [6, 6.07) is 3.88. The lowest BCUT2D eigenvalue weighted by Crippen LogP contribution is -2.36. The molecule has 0 radical (unpaired) electrons. The largest absolute Gasteiger partial charge is 0.493 e. The second-order valence-corrected chi connectivity index (χ2v) is 11.5. The Kier molecular flexibility index (Phi) is 10.8. The SMILES string of the molecule is COc1cc2c(c(OC)c1OC)CCC(C=CC(=O)N1CCCN(C(=O)C=CC3=Cc4cc(OC)c(OC)c(OC)c4CC3)CC1)=C2. The molecule has 2 aromatic carbocycles. The Balaban J connectivity index is 1.20. The standard InChI is InChI=1S/C37H44N2O8/c1-42-30-22-26-20-24(8-12-28(26)34(44-3)36(30)46-5)10-14-32(40)38-16-7-17-39(19-18-38)33(41)15-11-25-9-13-29-27(21-25)23-31(43-2)37(47-6)35(29)45-4/h10-11,14-15,20-23H,7-9,12-13,16-19H2,1-6H3. The maximum absolute atomic E-state index is 13.2. The van der Waals surface area contributed by atoms with Gasteiger partial charge in [0.05, 0.1) is 42.7 Å². The van der Waals surface area contributed by atoms with Gasteiger partial charge in [0.25, 0.3) is 0 Å². The number of ether oxygens (including phenoxy) is 6. The Morgan fingerprint density at radius 3 is 1.32 bits per heavy atom. The van der Waals surface area contributed by atoms with Crippen LogP contribution in [0.15, 0.2) is 47.6 Å². The van der Waals surface area contributed by atoms with Gasteiger partial charge in [-0.25, -0.2) is 0 Å². The molecule has 3 aliphatic rings. The topological polar surface area (TPSA) is 96.0 Å². The number of hydrogen-bond acceptors (Lipinski definition) is 8. The van der Waals surface area contributed by atoms with Crippen molar-refractivity contribution in [3.63, 3.8) is 0 Å². The molecule has 0 spiro atoms. The maximum Gasteiger partial charge on any atom is 0.246 e. The van der Waals surface area contributed by atoms with Gasteiger partial charge in [-0.3, -0.25) is 9.59 Å². The predicted molar refractivity (Wildman–Crippen MR) is 181 cm³/mol. The molecular weight excluding hydrogens is 600 g/mol. The molecule has 2 aromatic rings. The quantitative estimate of drug-likeness (QED) is 0.323. The maximum atomic E-state index is 13.2. The number of carbonyl (C=O) groups excluding carboxylic acids is 2. The van der Waals surface area contributed by atoms with E-state index in [0.29, 0.717) is 67.1 Å². The summed E-state index contributed by atoms with van der Waals surface area (Å²) < 4.78 is 33.4. The third-order valence-corrected chi connectivity index (χ3v) is 8.94. The van der Waals surface area contributed by atoms with Gasteiger partial charge in [0, 0.05) is 49.5 Å². The zero-order valence-electron chi connectivity index (χ0n) is 28.1. The van der Waals surface area contributed by atoms with Crippen molar-refractivity contribution in [2.75, 3.05) is 68.8 Å². The Bertz CT molecular complexity index is 1520. The van der Waals surface area contributed by atoms with E-state index in [1.807, 2.05) is 34.1 Å². The molecule has 0 aromatic heterocycles. The van der Waals surface area contributed by atoms with Crippen LogP contribution in [0, 0.1) is 0 Å². The highest BCUT2D eigenvalue weighted by atomic mass is 16.5. The zero-order valence-corrected chi connectivity index (χ0v) is 28.1. The van der Waals surface area contributed by atoms with Crippen LogP contribution in [0.1, 0.15) is 41.5 Å². The van der Waals surface area contributed by atoms with E-state index in [4.69, 9.17) is 28.4 Å². The fraction of sp³-hybridized carbons (Fsp3) is 0.405. The number of hydrogen-bond donors (Lipinski definition) is 0. The highest BCUT2D eigenvalue weighted by Crippen LogP contribution is 2.46. The first-order valence-electron chi connectivity index (χ1n) is 15.8. The monoisotopic (exact) mass is 644 g/mol. The van der Waals surface area contributed by atoms with Gasteiger partial charge in [-0.2, -0.15) is 0 Å². The Labute approximate surface area is 276 Å². The van der Waals surface area contributed by atoms with E-state index in [0.717, 1.165) is 59.1 Å². The fourth-order valence-corrected chi connectivity index (χ4v) is 6.51. The van der Waals surface area contributed by atoms with Crippen LogP contribution in [0.25, 0.3) is 12.2 Å². The molecule has 1 saturated heterocycles. The molecule has 1 aliphatic heterocycles. The number of fused-ring (bicyclic) bond motifs is 2. The molecule has 5 rings (SSSR count). The van der Waals surface area contributed by atoms with Crippen LogP contribution in [0.4, 0.5) is 0 Å². The lowest BCUT2D eigenvalue weighted by molar-refractivity contribution is -0.128. The summed E-state index contributed by atoms with van der Waals surface area (Å²) in [5.41, 5.74) is 6.20. The lowest BCUT2D eigenvalue weighted by Gasteiger charge is -2.22. The molecule has 10 nitrogen and oxygen atoms in total. The summed E-state index contributed by atoms with van der Waals surface area (Å²) in [7, 11) is 9.66. The van der Waals surface area contributed by atoms with Crippen LogP contribution in [-0.4, -0.2) is 90.5 Å². The van der Waals surface area contributed by atoms with Crippen molar-refractivity contribution in [1.82, 2.24) is 9.80 Å². The molecule has 0 unspecified atom stereocenters. The fourth-order valence-electron chi connectivity index (χ4n) is 6.51. The van der Waals surface area contributed by atoms with Crippen molar-refractivity contribution in [1.29, 1.82) is 0 Å². The number of methoxy groups -OCH3 is 6. The lowest BCUT2D eigenvalue weighted by atomic mass is 9.90. The van der Waals surface area contributed by atoms with Gasteiger partial charge >= 0.3 is 0 Å². The van der Waals surface area contributed by atoms with E-state index < -0.39 is 0 Å². The van der Waals surface area contributed by atoms with Gasteiger partial charge < -0.3 is 38.2 Å². The van der Waals surface area contributed by atoms with Crippen LogP contribution in [0.2, 0.25) is 0 Å². The smallest absolute Gasteiger partial charge is 0.246 e. The molecule has 0 saturated carbocycles. The summed E-state index contributed by atoms with van der Waals surface area (Å²) in [4.78, 5) is 30.0. The van der Waals surface area contributed by atoms with Crippen molar-refractivity contribution in [3.8, 4) is 34.5 Å². The van der Waals surface area contributed by atoms with Crippen LogP contribution in [0.5, 0.6) is 34.5 Å². The van der Waals surface area contributed by atoms with Crippen LogP contribution in [-0.2, 0) is 22.4 Å². The van der Waals surface area contributed by atoms with Crippen molar-refractivity contribution in [2.45, 2.75) is 32.1 Å². The van der Waals surface area contributed by atoms with Crippen molar-refractivity contribution in [3.05, 3.63) is 69.8 Å². The van der Waals surface area contributed by atoms with E-state index in [-0.39, 0.29) is 11.8 Å². The van der Waals surface area contributed by atoms with E-state index in [1.165, 1.54) is 0 Å². The van der Waals surface area contributed by atoms with Gasteiger partial charge in [0.2, 0.25) is 23.3 Å². The summed E-state index contributed by atoms with van der Waals surface area (Å²) >= 11 is 0. The molecule has 2 amide bonds. The van der Waals surface area contributed by atoms with Crippen molar-refractivity contribution < 1.29 is 38.0 Å². The summed E-state index contributed by atoms with van der Waals surface area (Å²) in [6.07, 6.45) is 15.0. The number of carbonyl (C=O) groups is 2. The predicted octanol–water partition coefficient (Wildman–Crippen LogP) is 5.27. The highest BCUT2D eigenvalue weighted by molar-refractivity contribution is 5.90. The van der Waals surface area contributed by atoms with E-state index in [2.05, 4.69) is 12.2 Å². The Morgan fingerprint density at radius 2 is 0.957 bits per heavy atom. The molecule has 250 valence electrons. The second-order valence-electron chi connectivity index (χ2n) is 11.5. The molecule has 0 atom stereocenters. The third kappa shape index (κ3) is 7.11. The van der Waals surface area contributed by atoms with Gasteiger partial charge in [-0.05, 0) is 66.5 Å². The van der Waals surface area contributed by atoms with Gasteiger partial charge in [0.15, 0.2) is 23.0 Å². The molecule has 2 aliphatic carbocycles. The van der Waals surface area contributed by atoms with Gasteiger partial charge in [-0.15, -0.1) is 0 Å². The molecular formula is C37H44N2O8. The normalized spacial score (nSPS) is 16.1. The summed E-state index contributed by atoms with van der Waals surface area (Å²) in [6.45, 7) is 2.16. The van der Waals surface area contributed by atoms with Gasteiger partial charge in [-0.1, -0.05) is 24.3 Å². The van der Waals surface area contributed by atoms with E-state index >= 15 is 0 Å². The van der Waals surface area contributed by atoms with Crippen molar-refractivity contribution in [2.24, 2.45) is 0 Å². The van der Waals surface area contributed by atoms with Crippen molar-refractivity contribution >= 4 is 24.0 Å². The van der Waals surface area contributed by atoms with E-state index in [9.17, 15) is 9.59 Å². The summed E-state index contributed by atoms with van der Waals surface area (Å²) in [5, 5.41) is 0. The molecule has 1 heterocycles. The number of allylic oxidation sites excluding steroid dienone is 4. The molecule has 1 fully saturated rings. The first kappa shape index (κ1) is 33.5. The minimum absolute atomic E-state index is 0.0556. The minimum Gasteiger partial charge on any atom is -0.493 e. The van der Waals surface area contributed by atoms with Crippen LogP contribution < -0.4 is 28.4 Å².